The molecule has 108 valence electrons. The summed E-state index contributed by atoms with van der Waals surface area (Å²) >= 11 is 1.78. The Labute approximate surface area is 122 Å². The molecule has 2 rings (SSSR count). The molecular formula is C16H28N2S. The summed E-state index contributed by atoms with van der Waals surface area (Å²) in [6, 6.07) is 1.08. The van der Waals surface area contributed by atoms with Crippen LogP contribution in [0.2, 0.25) is 0 Å². The first-order valence-electron chi connectivity index (χ1n) is 7.54. The zero-order valence-corrected chi connectivity index (χ0v) is 13.8. The van der Waals surface area contributed by atoms with Gasteiger partial charge in [0.1, 0.15) is 5.01 Å². The quantitative estimate of drug-likeness (QED) is 0.867. The van der Waals surface area contributed by atoms with Gasteiger partial charge in [0.05, 0.1) is 6.04 Å². The normalized spacial score (nSPS) is 26.4. The molecule has 19 heavy (non-hydrogen) atoms. The van der Waals surface area contributed by atoms with Gasteiger partial charge in [-0.1, -0.05) is 20.8 Å². The molecule has 0 aromatic carbocycles. The number of hydrogen-bond acceptors (Lipinski definition) is 3. The number of thiazole rings is 1. The summed E-state index contributed by atoms with van der Waals surface area (Å²) in [7, 11) is 0. The Morgan fingerprint density at radius 2 is 1.89 bits per heavy atom. The molecule has 1 aliphatic rings. The van der Waals surface area contributed by atoms with E-state index in [9.17, 15) is 0 Å². The van der Waals surface area contributed by atoms with Crippen molar-refractivity contribution in [1.29, 1.82) is 0 Å². The molecule has 0 spiro atoms. The molecular weight excluding hydrogens is 252 g/mol. The molecule has 1 aliphatic carbocycles. The molecule has 3 heteroatoms. The highest BCUT2D eigenvalue weighted by molar-refractivity contribution is 7.09. The van der Waals surface area contributed by atoms with Crippen molar-refractivity contribution in [3.8, 4) is 0 Å². The summed E-state index contributed by atoms with van der Waals surface area (Å²) in [5, 5.41) is 7.14. The maximum atomic E-state index is 4.59. The minimum absolute atomic E-state index is 0.398. The van der Waals surface area contributed by atoms with Crippen LogP contribution in [0.5, 0.6) is 0 Å². The van der Waals surface area contributed by atoms with Crippen LogP contribution in [0.3, 0.4) is 0 Å². The maximum absolute atomic E-state index is 4.59. The second-order valence-corrected chi connectivity index (χ2v) is 8.02. The topological polar surface area (TPSA) is 24.9 Å². The van der Waals surface area contributed by atoms with E-state index >= 15 is 0 Å². The standard InChI is InChI=1S/C16H28N2S/c1-11-10-19-15(17-11)12(2)18-14-8-6-13(7-9-14)16(3,4)5/h10,12-14,18H,6-9H2,1-5H3. The van der Waals surface area contributed by atoms with Crippen molar-refractivity contribution in [2.24, 2.45) is 11.3 Å². The fourth-order valence-electron chi connectivity index (χ4n) is 3.12. The van der Waals surface area contributed by atoms with Crippen molar-refractivity contribution in [3.05, 3.63) is 16.1 Å². The third kappa shape index (κ3) is 4.03. The van der Waals surface area contributed by atoms with Gasteiger partial charge in [-0.15, -0.1) is 11.3 Å². The van der Waals surface area contributed by atoms with Crippen molar-refractivity contribution in [2.45, 2.75) is 72.4 Å². The second-order valence-electron chi connectivity index (χ2n) is 7.13. The van der Waals surface area contributed by atoms with E-state index in [1.807, 2.05) is 0 Å². The lowest BCUT2D eigenvalue weighted by Gasteiger charge is -2.37. The van der Waals surface area contributed by atoms with Gasteiger partial charge in [-0.3, -0.25) is 0 Å². The van der Waals surface area contributed by atoms with Crippen LogP contribution < -0.4 is 5.32 Å². The fraction of sp³-hybridized carbons (Fsp3) is 0.812. The molecule has 1 atom stereocenters. The first kappa shape index (κ1) is 15.0. The lowest BCUT2D eigenvalue weighted by Crippen LogP contribution is -2.37. The Bertz CT molecular complexity index is 397. The van der Waals surface area contributed by atoms with Gasteiger partial charge in [-0.2, -0.15) is 0 Å². The highest BCUT2D eigenvalue weighted by Crippen LogP contribution is 2.38. The van der Waals surface area contributed by atoms with E-state index in [0.29, 0.717) is 17.5 Å². The van der Waals surface area contributed by atoms with Gasteiger partial charge in [-0.25, -0.2) is 4.98 Å². The smallest absolute Gasteiger partial charge is 0.110 e. The zero-order valence-electron chi connectivity index (χ0n) is 13.0. The van der Waals surface area contributed by atoms with E-state index in [0.717, 1.165) is 11.6 Å². The number of aryl methyl sites for hydroxylation is 1. The molecule has 1 saturated carbocycles. The van der Waals surface area contributed by atoms with E-state index in [1.165, 1.54) is 30.7 Å². The molecule has 0 aliphatic heterocycles. The molecule has 0 saturated heterocycles. The molecule has 1 unspecified atom stereocenters. The Hall–Kier alpha value is -0.410. The van der Waals surface area contributed by atoms with E-state index in [1.54, 1.807) is 11.3 Å². The number of nitrogens with one attached hydrogen (secondary N) is 1. The fourth-order valence-corrected chi connectivity index (χ4v) is 3.93. The predicted octanol–water partition coefficient (Wildman–Crippen LogP) is 4.71. The summed E-state index contributed by atoms with van der Waals surface area (Å²) in [5.41, 5.74) is 1.62. The Morgan fingerprint density at radius 1 is 1.26 bits per heavy atom. The van der Waals surface area contributed by atoms with Gasteiger partial charge in [-0.05, 0) is 50.9 Å². The van der Waals surface area contributed by atoms with Gasteiger partial charge in [0, 0.05) is 17.1 Å². The largest absolute Gasteiger partial charge is 0.305 e. The second kappa shape index (κ2) is 5.92. The molecule has 2 nitrogen and oxygen atoms in total. The van der Waals surface area contributed by atoms with E-state index < -0.39 is 0 Å². The van der Waals surface area contributed by atoms with Crippen LogP contribution in [0.1, 0.15) is 70.1 Å². The summed E-state index contributed by atoms with van der Waals surface area (Å²) in [4.78, 5) is 4.59. The number of hydrogen-bond donors (Lipinski definition) is 1. The molecule has 1 N–H and O–H groups in total. The van der Waals surface area contributed by atoms with Crippen LogP contribution >= 0.6 is 11.3 Å². The minimum Gasteiger partial charge on any atom is -0.305 e. The molecule has 0 bridgehead atoms. The zero-order chi connectivity index (χ0) is 14.0. The number of aromatic nitrogens is 1. The molecule has 0 amide bonds. The highest BCUT2D eigenvalue weighted by atomic mass is 32.1. The average molecular weight is 280 g/mol. The van der Waals surface area contributed by atoms with Crippen molar-refractivity contribution in [3.63, 3.8) is 0 Å². The molecule has 1 fully saturated rings. The average Bonchev–Trinajstić information content (AvgIpc) is 2.75. The number of rotatable bonds is 3. The lowest BCUT2D eigenvalue weighted by molar-refractivity contribution is 0.157. The van der Waals surface area contributed by atoms with Crippen LogP contribution in [0.15, 0.2) is 5.38 Å². The van der Waals surface area contributed by atoms with Crippen LogP contribution in [0.4, 0.5) is 0 Å². The van der Waals surface area contributed by atoms with Crippen LogP contribution in [0, 0.1) is 18.3 Å². The third-order valence-electron chi connectivity index (χ3n) is 4.44. The van der Waals surface area contributed by atoms with E-state index in [2.05, 4.69) is 50.3 Å². The number of nitrogens with zero attached hydrogens (tertiary/aromatic N) is 1. The van der Waals surface area contributed by atoms with E-state index in [4.69, 9.17) is 0 Å². The molecule has 1 aromatic rings. The van der Waals surface area contributed by atoms with Crippen LogP contribution in [-0.4, -0.2) is 11.0 Å². The third-order valence-corrected chi connectivity index (χ3v) is 5.59. The first-order valence-corrected chi connectivity index (χ1v) is 8.42. The van der Waals surface area contributed by atoms with Crippen LogP contribution in [-0.2, 0) is 0 Å². The van der Waals surface area contributed by atoms with Crippen molar-refractivity contribution in [1.82, 2.24) is 10.3 Å². The van der Waals surface area contributed by atoms with Crippen molar-refractivity contribution >= 4 is 11.3 Å². The maximum Gasteiger partial charge on any atom is 0.110 e. The van der Waals surface area contributed by atoms with Crippen molar-refractivity contribution in [2.75, 3.05) is 0 Å². The first-order chi connectivity index (χ1) is 8.86. The molecule has 0 radical (unpaired) electrons. The molecule has 1 aromatic heterocycles. The summed E-state index contributed by atoms with van der Waals surface area (Å²) in [6.07, 6.45) is 5.36. The minimum atomic E-state index is 0.398. The monoisotopic (exact) mass is 280 g/mol. The van der Waals surface area contributed by atoms with Gasteiger partial charge in [0.2, 0.25) is 0 Å². The highest BCUT2D eigenvalue weighted by Gasteiger charge is 2.30. The Balaban J connectivity index is 1.82. The van der Waals surface area contributed by atoms with Gasteiger partial charge >= 0.3 is 0 Å². The SMILES string of the molecule is Cc1csc(C(C)NC2CCC(C(C)(C)C)CC2)n1. The van der Waals surface area contributed by atoms with Crippen molar-refractivity contribution < 1.29 is 0 Å². The van der Waals surface area contributed by atoms with Crippen LogP contribution in [0.25, 0.3) is 0 Å². The molecule has 1 heterocycles. The lowest BCUT2D eigenvalue weighted by atomic mass is 9.71. The summed E-state index contributed by atoms with van der Waals surface area (Å²) in [5.74, 6) is 0.892. The Kier molecular flexibility index (Phi) is 4.67. The van der Waals surface area contributed by atoms with Gasteiger partial charge < -0.3 is 5.32 Å². The predicted molar refractivity (Wildman–Crippen MR) is 83.6 cm³/mol. The Morgan fingerprint density at radius 3 is 2.37 bits per heavy atom. The van der Waals surface area contributed by atoms with Gasteiger partial charge in [0.15, 0.2) is 0 Å². The summed E-state index contributed by atoms with van der Waals surface area (Å²) in [6.45, 7) is 11.5. The van der Waals surface area contributed by atoms with Gasteiger partial charge in [0.25, 0.3) is 0 Å². The summed E-state index contributed by atoms with van der Waals surface area (Å²) < 4.78 is 0. The van der Waals surface area contributed by atoms with E-state index in [-0.39, 0.29) is 0 Å².